The Bertz CT molecular complexity index is 685. The van der Waals surface area contributed by atoms with Crippen LogP contribution in [0.4, 0.5) is 0 Å². The smallest absolute Gasteiger partial charge is 0.231 e. The lowest BCUT2D eigenvalue weighted by Crippen LogP contribution is -2.32. The van der Waals surface area contributed by atoms with E-state index in [9.17, 15) is 0 Å². The first kappa shape index (κ1) is 13.4. The van der Waals surface area contributed by atoms with Crippen molar-refractivity contribution in [1.82, 2.24) is 4.90 Å². The average molecular weight is 322 g/mol. The van der Waals surface area contributed by atoms with Crippen LogP contribution in [-0.4, -0.2) is 18.2 Å². The largest absolute Gasteiger partial charge is 0.454 e. The van der Waals surface area contributed by atoms with E-state index < -0.39 is 0 Å². The first-order chi connectivity index (χ1) is 10.2. The molecule has 0 N–H and O–H groups in total. The van der Waals surface area contributed by atoms with E-state index in [2.05, 4.69) is 23.3 Å². The van der Waals surface area contributed by atoms with E-state index in [0.29, 0.717) is 16.8 Å². The molecule has 0 aliphatic carbocycles. The highest BCUT2D eigenvalue weighted by Crippen LogP contribution is 2.41. The van der Waals surface area contributed by atoms with Crippen LogP contribution in [0.25, 0.3) is 0 Å². The van der Waals surface area contributed by atoms with Gasteiger partial charge in [0.05, 0.1) is 5.02 Å². The summed E-state index contributed by atoms with van der Waals surface area (Å²) in [5, 5.41) is 2.84. The number of fused-ring (bicyclic) bond motifs is 2. The van der Waals surface area contributed by atoms with Crippen molar-refractivity contribution >= 4 is 22.9 Å². The summed E-state index contributed by atoms with van der Waals surface area (Å²) < 4.78 is 10.8. The molecule has 1 aromatic heterocycles. The molecule has 0 fully saturated rings. The van der Waals surface area contributed by atoms with Crippen molar-refractivity contribution in [3.05, 3.63) is 44.6 Å². The molecule has 0 spiro atoms. The molecular weight excluding hydrogens is 306 g/mol. The van der Waals surface area contributed by atoms with Crippen LogP contribution in [0.2, 0.25) is 5.02 Å². The number of halogens is 1. The lowest BCUT2D eigenvalue weighted by molar-refractivity contribution is 0.173. The van der Waals surface area contributed by atoms with Crippen molar-refractivity contribution in [2.75, 3.05) is 13.3 Å². The molecule has 0 unspecified atom stereocenters. The standard InChI is InChI=1S/C16H16ClNO2S/c1-10-12-3-5-21-15(12)2-4-18(10)8-11-6-13(17)16-14(7-11)19-9-20-16/h3,5-7,10H,2,4,8-9H2,1H3/t10-/m1/s1. The molecule has 2 aliphatic heterocycles. The summed E-state index contributed by atoms with van der Waals surface area (Å²) in [6.45, 7) is 4.50. The third kappa shape index (κ3) is 2.31. The number of thiophene rings is 1. The second-order valence-electron chi connectivity index (χ2n) is 5.51. The second kappa shape index (κ2) is 5.20. The number of hydrogen-bond acceptors (Lipinski definition) is 4. The molecule has 0 radical (unpaired) electrons. The van der Waals surface area contributed by atoms with E-state index in [4.69, 9.17) is 21.1 Å². The Kier molecular flexibility index (Phi) is 3.32. The van der Waals surface area contributed by atoms with Crippen molar-refractivity contribution in [2.45, 2.75) is 25.9 Å². The monoisotopic (exact) mass is 321 g/mol. The second-order valence-corrected chi connectivity index (χ2v) is 6.91. The topological polar surface area (TPSA) is 21.7 Å². The first-order valence-electron chi connectivity index (χ1n) is 7.10. The summed E-state index contributed by atoms with van der Waals surface area (Å²) in [6, 6.07) is 6.74. The average Bonchev–Trinajstić information content (AvgIpc) is 3.10. The van der Waals surface area contributed by atoms with Crippen LogP contribution in [0.3, 0.4) is 0 Å². The Morgan fingerprint density at radius 3 is 3.19 bits per heavy atom. The van der Waals surface area contributed by atoms with E-state index in [0.717, 1.165) is 25.3 Å². The highest BCUT2D eigenvalue weighted by molar-refractivity contribution is 7.10. The van der Waals surface area contributed by atoms with Gasteiger partial charge in [-0.1, -0.05) is 11.6 Å². The highest BCUT2D eigenvalue weighted by atomic mass is 35.5. The number of benzene rings is 1. The van der Waals surface area contributed by atoms with Crippen LogP contribution in [0.5, 0.6) is 11.5 Å². The van der Waals surface area contributed by atoms with Crippen molar-refractivity contribution in [2.24, 2.45) is 0 Å². The van der Waals surface area contributed by atoms with Crippen molar-refractivity contribution in [1.29, 1.82) is 0 Å². The third-order valence-electron chi connectivity index (χ3n) is 4.28. The Hall–Kier alpha value is -1.23. The summed E-state index contributed by atoms with van der Waals surface area (Å²) in [6.07, 6.45) is 1.13. The summed E-state index contributed by atoms with van der Waals surface area (Å²) in [7, 11) is 0. The van der Waals surface area contributed by atoms with Gasteiger partial charge in [-0.15, -0.1) is 11.3 Å². The lowest BCUT2D eigenvalue weighted by Gasteiger charge is -2.33. The molecule has 21 heavy (non-hydrogen) atoms. The molecule has 110 valence electrons. The van der Waals surface area contributed by atoms with Crippen LogP contribution in [-0.2, 0) is 13.0 Å². The van der Waals surface area contributed by atoms with Gasteiger partial charge in [0.2, 0.25) is 6.79 Å². The van der Waals surface area contributed by atoms with Gasteiger partial charge >= 0.3 is 0 Å². The van der Waals surface area contributed by atoms with Crippen LogP contribution in [0.15, 0.2) is 23.6 Å². The van der Waals surface area contributed by atoms with Crippen molar-refractivity contribution < 1.29 is 9.47 Å². The number of nitrogens with zero attached hydrogens (tertiary/aromatic N) is 1. The zero-order valence-corrected chi connectivity index (χ0v) is 13.3. The van der Waals surface area contributed by atoms with Gasteiger partial charge in [0, 0.05) is 24.0 Å². The predicted molar refractivity (Wildman–Crippen MR) is 84.4 cm³/mol. The predicted octanol–water partition coefficient (Wildman–Crippen LogP) is 4.25. The molecule has 0 bridgehead atoms. The molecule has 1 aromatic carbocycles. The zero-order valence-electron chi connectivity index (χ0n) is 11.8. The maximum absolute atomic E-state index is 6.27. The van der Waals surface area contributed by atoms with Gasteiger partial charge in [-0.25, -0.2) is 0 Å². The van der Waals surface area contributed by atoms with Gasteiger partial charge in [-0.3, -0.25) is 4.90 Å². The van der Waals surface area contributed by atoms with E-state index in [1.165, 1.54) is 16.0 Å². The van der Waals surface area contributed by atoms with Crippen LogP contribution < -0.4 is 9.47 Å². The number of ether oxygens (including phenoxy) is 2. The van der Waals surface area contributed by atoms with Gasteiger partial charge in [0.25, 0.3) is 0 Å². The van der Waals surface area contributed by atoms with Crippen molar-refractivity contribution in [3.63, 3.8) is 0 Å². The molecule has 2 aliphatic rings. The van der Waals surface area contributed by atoms with Gasteiger partial charge in [0.1, 0.15) is 0 Å². The Morgan fingerprint density at radius 2 is 2.29 bits per heavy atom. The van der Waals surface area contributed by atoms with Crippen LogP contribution in [0.1, 0.15) is 29.0 Å². The minimum absolute atomic E-state index is 0.261. The van der Waals surface area contributed by atoms with E-state index in [1.54, 1.807) is 0 Å². The summed E-state index contributed by atoms with van der Waals surface area (Å²) in [5.74, 6) is 1.44. The Labute approximate surface area is 133 Å². The summed E-state index contributed by atoms with van der Waals surface area (Å²) in [5.41, 5.74) is 2.65. The fourth-order valence-electron chi connectivity index (χ4n) is 3.12. The molecular formula is C16H16ClNO2S. The molecule has 0 saturated carbocycles. The molecule has 3 heterocycles. The zero-order chi connectivity index (χ0) is 14.4. The molecule has 1 atom stereocenters. The maximum atomic E-state index is 6.27. The Balaban J connectivity index is 1.58. The first-order valence-corrected chi connectivity index (χ1v) is 8.36. The van der Waals surface area contributed by atoms with Crippen molar-refractivity contribution in [3.8, 4) is 11.5 Å². The van der Waals surface area contributed by atoms with Gasteiger partial charge < -0.3 is 9.47 Å². The Morgan fingerprint density at radius 1 is 1.38 bits per heavy atom. The van der Waals surface area contributed by atoms with Gasteiger partial charge in [-0.05, 0) is 48.1 Å². The fourth-order valence-corrected chi connectivity index (χ4v) is 4.37. The van der Waals surface area contributed by atoms with Gasteiger partial charge in [0.15, 0.2) is 11.5 Å². The van der Waals surface area contributed by atoms with Crippen LogP contribution >= 0.6 is 22.9 Å². The van der Waals surface area contributed by atoms with E-state index >= 15 is 0 Å². The maximum Gasteiger partial charge on any atom is 0.231 e. The number of hydrogen-bond donors (Lipinski definition) is 0. The molecule has 3 nitrogen and oxygen atoms in total. The van der Waals surface area contributed by atoms with Gasteiger partial charge in [-0.2, -0.15) is 0 Å². The lowest BCUT2D eigenvalue weighted by atomic mass is 10.0. The third-order valence-corrected chi connectivity index (χ3v) is 5.55. The van der Waals surface area contributed by atoms with Crippen LogP contribution in [0, 0.1) is 0 Å². The fraction of sp³-hybridized carbons (Fsp3) is 0.375. The normalized spacial score (nSPS) is 20.6. The summed E-state index contributed by atoms with van der Waals surface area (Å²) in [4.78, 5) is 4.02. The van der Waals surface area contributed by atoms with E-state index in [-0.39, 0.29) is 6.79 Å². The summed E-state index contributed by atoms with van der Waals surface area (Å²) >= 11 is 8.14. The minimum Gasteiger partial charge on any atom is -0.454 e. The molecule has 5 heteroatoms. The molecule has 4 rings (SSSR count). The molecule has 0 amide bonds. The number of rotatable bonds is 2. The molecule has 0 saturated heterocycles. The highest BCUT2D eigenvalue weighted by Gasteiger charge is 2.26. The minimum atomic E-state index is 0.261. The quantitative estimate of drug-likeness (QED) is 0.825. The SMILES string of the molecule is C[C@@H]1c2ccsc2CCN1Cc1cc(Cl)c2c(c1)OCO2. The molecule has 2 aromatic rings. The van der Waals surface area contributed by atoms with E-state index in [1.807, 2.05) is 23.5 Å².